The van der Waals surface area contributed by atoms with Crippen LogP contribution in [-0.2, 0) is 16.0 Å². The van der Waals surface area contributed by atoms with Gasteiger partial charge in [-0.1, -0.05) is 6.07 Å². The van der Waals surface area contributed by atoms with Gasteiger partial charge in [-0.15, -0.1) is 11.3 Å². The first kappa shape index (κ1) is 13.4. The number of thiazole rings is 1. The van der Waals surface area contributed by atoms with Crippen LogP contribution in [-0.4, -0.2) is 18.1 Å². The molecule has 2 rings (SSSR count). The molecule has 2 aromatic rings. The van der Waals surface area contributed by atoms with Gasteiger partial charge in [-0.3, -0.25) is 4.79 Å². The van der Waals surface area contributed by atoms with Crippen molar-refractivity contribution in [1.29, 1.82) is 0 Å². The molecule has 0 aliphatic heterocycles. The Bertz CT molecular complexity index is 601. The summed E-state index contributed by atoms with van der Waals surface area (Å²) in [7, 11) is 1.29. The topological polar surface area (TPSA) is 51.2 Å². The van der Waals surface area contributed by atoms with E-state index in [0.29, 0.717) is 10.8 Å². The SMILES string of the molecule is COC(=O)Cc1csc(Nc2cccc(F)c2F)n1. The van der Waals surface area contributed by atoms with Crippen molar-refractivity contribution >= 4 is 28.1 Å². The number of hydrogen-bond acceptors (Lipinski definition) is 5. The van der Waals surface area contributed by atoms with E-state index < -0.39 is 17.6 Å². The Morgan fingerprint density at radius 1 is 1.47 bits per heavy atom. The minimum atomic E-state index is -0.966. The van der Waals surface area contributed by atoms with Crippen LogP contribution in [0.1, 0.15) is 5.69 Å². The molecule has 19 heavy (non-hydrogen) atoms. The van der Waals surface area contributed by atoms with Gasteiger partial charge in [-0.05, 0) is 12.1 Å². The van der Waals surface area contributed by atoms with Gasteiger partial charge in [-0.25, -0.2) is 13.8 Å². The molecular weight excluding hydrogens is 274 g/mol. The predicted octanol–water partition coefficient (Wildman–Crippen LogP) is 2.88. The molecule has 7 heteroatoms. The molecule has 1 aromatic carbocycles. The zero-order valence-electron chi connectivity index (χ0n) is 9.94. The van der Waals surface area contributed by atoms with Gasteiger partial charge in [0.05, 0.1) is 24.9 Å². The number of nitrogens with zero attached hydrogens (tertiary/aromatic N) is 1. The lowest BCUT2D eigenvalue weighted by molar-refractivity contribution is -0.139. The fraction of sp³-hybridized carbons (Fsp3) is 0.167. The monoisotopic (exact) mass is 284 g/mol. The van der Waals surface area contributed by atoms with Crippen LogP contribution in [0.15, 0.2) is 23.6 Å². The van der Waals surface area contributed by atoms with Crippen molar-refractivity contribution in [3.05, 3.63) is 40.9 Å². The maximum absolute atomic E-state index is 13.4. The van der Waals surface area contributed by atoms with Gasteiger partial charge in [0.1, 0.15) is 0 Å². The van der Waals surface area contributed by atoms with Crippen LogP contribution in [0.5, 0.6) is 0 Å². The number of halogens is 2. The summed E-state index contributed by atoms with van der Waals surface area (Å²) in [6.07, 6.45) is 0.0420. The maximum atomic E-state index is 13.4. The summed E-state index contributed by atoms with van der Waals surface area (Å²) in [6, 6.07) is 3.83. The summed E-state index contributed by atoms with van der Waals surface area (Å²) < 4.78 is 30.9. The van der Waals surface area contributed by atoms with Gasteiger partial charge in [0.15, 0.2) is 16.8 Å². The molecule has 4 nitrogen and oxygen atoms in total. The molecule has 0 fully saturated rings. The van der Waals surface area contributed by atoms with Gasteiger partial charge >= 0.3 is 5.97 Å². The summed E-state index contributed by atoms with van der Waals surface area (Å²) in [5.41, 5.74) is 0.509. The minimum absolute atomic E-state index is 0.000956. The molecule has 0 saturated carbocycles. The molecule has 0 bridgehead atoms. The number of benzene rings is 1. The van der Waals surface area contributed by atoms with E-state index in [1.165, 1.54) is 30.6 Å². The molecule has 0 atom stereocenters. The zero-order valence-corrected chi connectivity index (χ0v) is 10.8. The number of aromatic nitrogens is 1. The summed E-state index contributed by atoms with van der Waals surface area (Å²) in [5.74, 6) is -2.31. The largest absolute Gasteiger partial charge is 0.469 e. The van der Waals surface area contributed by atoms with Crippen LogP contribution in [0.4, 0.5) is 19.6 Å². The maximum Gasteiger partial charge on any atom is 0.311 e. The Hall–Kier alpha value is -2.02. The number of anilines is 2. The Labute approximate surface area is 112 Å². The molecule has 1 aromatic heterocycles. The predicted molar refractivity (Wildman–Crippen MR) is 67.5 cm³/mol. The van der Waals surface area contributed by atoms with E-state index in [2.05, 4.69) is 15.0 Å². The number of hydrogen-bond donors (Lipinski definition) is 1. The molecule has 1 heterocycles. The molecule has 0 unspecified atom stereocenters. The van der Waals surface area contributed by atoms with Crippen molar-refractivity contribution in [3.63, 3.8) is 0 Å². The third kappa shape index (κ3) is 3.25. The highest BCUT2D eigenvalue weighted by atomic mass is 32.1. The smallest absolute Gasteiger partial charge is 0.311 e. The van der Waals surface area contributed by atoms with Gasteiger partial charge in [0, 0.05) is 5.38 Å². The molecule has 0 aliphatic rings. The van der Waals surface area contributed by atoms with Crippen LogP contribution in [0.25, 0.3) is 0 Å². The molecule has 0 spiro atoms. The van der Waals surface area contributed by atoms with E-state index in [-0.39, 0.29) is 12.1 Å². The highest BCUT2D eigenvalue weighted by Crippen LogP contribution is 2.24. The fourth-order valence-electron chi connectivity index (χ4n) is 1.38. The number of carbonyl (C=O) groups excluding carboxylic acids is 1. The van der Waals surface area contributed by atoms with Crippen LogP contribution in [0.3, 0.4) is 0 Å². The number of nitrogens with one attached hydrogen (secondary N) is 1. The van der Waals surface area contributed by atoms with E-state index >= 15 is 0 Å². The van der Waals surface area contributed by atoms with Crippen molar-refractivity contribution in [1.82, 2.24) is 4.98 Å². The number of methoxy groups -OCH3 is 1. The van der Waals surface area contributed by atoms with Crippen molar-refractivity contribution in [2.45, 2.75) is 6.42 Å². The molecule has 1 N–H and O–H groups in total. The van der Waals surface area contributed by atoms with Gasteiger partial charge in [-0.2, -0.15) is 0 Å². The lowest BCUT2D eigenvalue weighted by Gasteiger charge is -2.04. The van der Waals surface area contributed by atoms with Crippen LogP contribution in [0.2, 0.25) is 0 Å². The summed E-state index contributed by atoms with van der Waals surface area (Å²) in [6.45, 7) is 0. The second kappa shape index (κ2) is 5.75. The van der Waals surface area contributed by atoms with Crippen LogP contribution in [0, 0.1) is 11.6 Å². The minimum Gasteiger partial charge on any atom is -0.469 e. The Kier molecular flexibility index (Phi) is 4.06. The molecule has 0 saturated heterocycles. The number of rotatable bonds is 4. The van der Waals surface area contributed by atoms with Crippen molar-refractivity contribution < 1.29 is 18.3 Å². The number of esters is 1. The van der Waals surface area contributed by atoms with E-state index in [1.54, 1.807) is 5.38 Å². The lowest BCUT2D eigenvalue weighted by atomic mass is 10.3. The quantitative estimate of drug-likeness (QED) is 0.877. The van der Waals surface area contributed by atoms with E-state index in [1.807, 2.05) is 0 Å². The zero-order chi connectivity index (χ0) is 13.8. The summed E-state index contributed by atoms with van der Waals surface area (Å²) >= 11 is 1.19. The average Bonchev–Trinajstić information content (AvgIpc) is 2.82. The second-order valence-electron chi connectivity index (χ2n) is 3.62. The first-order valence-electron chi connectivity index (χ1n) is 5.32. The second-order valence-corrected chi connectivity index (χ2v) is 4.48. The van der Waals surface area contributed by atoms with Crippen LogP contribution < -0.4 is 5.32 Å². The Morgan fingerprint density at radius 3 is 3.00 bits per heavy atom. The van der Waals surface area contributed by atoms with E-state index in [9.17, 15) is 13.6 Å². The van der Waals surface area contributed by atoms with Gasteiger partial charge in [0.2, 0.25) is 0 Å². The van der Waals surface area contributed by atoms with E-state index in [4.69, 9.17) is 0 Å². The van der Waals surface area contributed by atoms with Gasteiger partial charge in [0.25, 0.3) is 0 Å². The molecule has 0 amide bonds. The third-order valence-electron chi connectivity index (χ3n) is 2.30. The summed E-state index contributed by atoms with van der Waals surface area (Å²) in [5, 5.41) is 4.69. The molecular formula is C12H10F2N2O2S. The van der Waals surface area contributed by atoms with Crippen LogP contribution >= 0.6 is 11.3 Å². The first-order valence-corrected chi connectivity index (χ1v) is 6.20. The standard InChI is InChI=1S/C12H10F2N2O2S/c1-18-10(17)5-7-6-19-12(15-7)16-9-4-2-3-8(13)11(9)14/h2-4,6H,5H2,1H3,(H,15,16). The highest BCUT2D eigenvalue weighted by Gasteiger charge is 2.11. The molecule has 100 valence electrons. The fourth-order valence-corrected chi connectivity index (χ4v) is 2.10. The van der Waals surface area contributed by atoms with Crippen molar-refractivity contribution in [2.75, 3.05) is 12.4 Å². The first-order chi connectivity index (χ1) is 9.10. The highest BCUT2D eigenvalue weighted by molar-refractivity contribution is 7.13. The lowest BCUT2D eigenvalue weighted by Crippen LogP contribution is -2.04. The third-order valence-corrected chi connectivity index (χ3v) is 3.10. The Balaban J connectivity index is 2.11. The van der Waals surface area contributed by atoms with Crippen molar-refractivity contribution in [3.8, 4) is 0 Å². The van der Waals surface area contributed by atoms with Crippen molar-refractivity contribution in [2.24, 2.45) is 0 Å². The number of ether oxygens (including phenoxy) is 1. The Morgan fingerprint density at radius 2 is 2.26 bits per heavy atom. The van der Waals surface area contributed by atoms with E-state index in [0.717, 1.165) is 6.07 Å². The normalized spacial score (nSPS) is 10.3. The molecule has 0 radical (unpaired) electrons. The summed E-state index contributed by atoms with van der Waals surface area (Å²) in [4.78, 5) is 15.1. The number of carbonyl (C=O) groups is 1. The van der Waals surface area contributed by atoms with Gasteiger partial charge < -0.3 is 10.1 Å². The average molecular weight is 284 g/mol. The molecule has 0 aliphatic carbocycles.